The molecule has 1 atom stereocenters. The zero-order valence-electron chi connectivity index (χ0n) is 10.0. The van der Waals surface area contributed by atoms with Crippen LogP contribution in [0.25, 0.3) is 0 Å². The molecule has 0 saturated carbocycles. The summed E-state index contributed by atoms with van der Waals surface area (Å²) in [5.41, 5.74) is 7.41. The van der Waals surface area contributed by atoms with Crippen LogP contribution in [-0.2, 0) is 0 Å². The van der Waals surface area contributed by atoms with Crippen LogP contribution in [0.15, 0.2) is 46.9 Å². The van der Waals surface area contributed by atoms with Gasteiger partial charge in [-0.1, -0.05) is 39.7 Å². The molecule has 0 amide bonds. The molecule has 3 N–H and O–H groups in total. The van der Waals surface area contributed by atoms with E-state index in [1.54, 1.807) is 6.07 Å². The Hall–Kier alpha value is -1.10. The lowest BCUT2D eigenvalue weighted by atomic mass is 10.1. The summed E-state index contributed by atoms with van der Waals surface area (Å²) in [6.07, 6.45) is 0. The van der Waals surface area contributed by atoms with Gasteiger partial charge in [-0.05, 0) is 35.9 Å². The topological polar surface area (TPSA) is 38.0 Å². The molecule has 2 aromatic rings. The van der Waals surface area contributed by atoms with Crippen LogP contribution in [0.5, 0.6) is 0 Å². The molecule has 0 aliphatic heterocycles. The number of anilines is 1. The van der Waals surface area contributed by atoms with E-state index in [0.717, 1.165) is 10.0 Å². The lowest BCUT2D eigenvalue weighted by molar-refractivity contribution is 0.627. The minimum Gasteiger partial charge on any atom is -0.377 e. The van der Waals surface area contributed by atoms with E-state index < -0.39 is 0 Å². The largest absolute Gasteiger partial charge is 0.377 e. The van der Waals surface area contributed by atoms with E-state index >= 15 is 0 Å². The van der Waals surface area contributed by atoms with Gasteiger partial charge in [-0.2, -0.15) is 0 Å². The molecular formula is C14H13BrClFN2. The van der Waals surface area contributed by atoms with Crippen molar-refractivity contribution >= 4 is 33.2 Å². The van der Waals surface area contributed by atoms with Crippen molar-refractivity contribution in [2.45, 2.75) is 6.04 Å². The van der Waals surface area contributed by atoms with Gasteiger partial charge >= 0.3 is 0 Å². The van der Waals surface area contributed by atoms with Gasteiger partial charge in [0.05, 0.1) is 6.04 Å². The lowest BCUT2D eigenvalue weighted by Crippen LogP contribution is -2.20. The van der Waals surface area contributed by atoms with E-state index in [1.807, 2.05) is 24.3 Å². The van der Waals surface area contributed by atoms with E-state index in [0.29, 0.717) is 17.3 Å². The first-order chi connectivity index (χ1) is 9.08. The second kappa shape index (κ2) is 6.37. The number of rotatable bonds is 4. The normalized spacial score (nSPS) is 12.2. The molecule has 0 aromatic heterocycles. The third-order valence-corrected chi connectivity index (χ3v) is 3.46. The maximum absolute atomic E-state index is 13.3. The van der Waals surface area contributed by atoms with Crippen LogP contribution in [0.3, 0.4) is 0 Å². The first kappa shape index (κ1) is 14.3. The standard InChI is InChI=1S/C14H13BrClFN2/c15-10-3-1-9(2-4-10)14(8-18)19-13-6-11(16)5-12(17)7-13/h1-7,14,19H,8,18H2. The minimum atomic E-state index is -0.374. The van der Waals surface area contributed by atoms with Crippen LogP contribution in [-0.4, -0.2) is 6.54 Å². The Bertz CT molecular complexity index is 540. The number of nitrogens with two attached hydrogens (primary N) is 1. The summed E-state index contributed by atoms with van der Waals surface area (Å²) < 4.78 is 14.3. The average Bonchev–Trinajstić information content (AvgIpc) is 2.36. The van der Waals surface area contributed by atoms with Gasteiger partial charge < -0.3 is 11.1 Å². The van der Waals surface area contributed by atoms with E-state index in [9.17, 15) is 4.39 Å². The van der Waals surface area contributed by atoms with Crippen LogP contribution >= 0.6 is 27.5 Å². The van der Waals surface area contributed by atoms with E-state index in [4.69, 9.17) is 17.3 Å². The zero-order valence-corrected chi connectivity index (χ0v) is 12.4. The molecule has 0 spiro atoms. The van der Waals surface area contributed by atoms with Crippen LogP contribution in [0.2, 0.25) is 5.02 Å². The fraction of sp³-hybridized carbons (Fsp3) is 0.143. The highest BCUT2D eigenvalue weighted by Gasteiger charge is 2.10. The third-order valence-electron chi connectivity index (χ3n) is 2.71. The average molecular weight is 344 g/mol. The first-order valence-corrected chi connectivity index (χ1v) is 6.94. The highest BCUT2D eigenvalue weighted by Crippen LogP contribution is 2.24. The van der Waals surface area contributed by atoms with Crippen LogP contribution in [0, 0.1) is 5.82 Å². The lowest BCUT2D eigenvalue weighted by Gasteiger charge is -2.19. The molecule has 5 heteroatoms. The van der Waals surface area contributed by atoms with Crippen molar-refractivity contribution in [1.82, 2.24) is 0 Å². The summed E-state index contributed by atoms with van der Waals surface area (Å²) in [6.45, 7) is 0.399. The number of benzene rings is 2. The highest BCUT2D eigenvalue weighted by molar-refractivity contribution is 9.10. The minimum absolute atomic E-state index is 0.0917. The van der Waals surface area contributed by atoms with Crippen molar-refractivity contribution in [2.24, 2.45) is 5.73 Å². The van der Waals surface area contributed by atoms with Crippen molar-refractivity contribution < 1.29 is 4.39 Å². The maximum Gasteiger partial charge on any atom is 0.126 e. The third kappa shape index (κ3) is 3.93. The van der Waals surface area contributed by atoms with E-state index in [-0.39, 0.29) is 11.9 Å². The highest BCUT2D eigenvalue weighted by atomic mass is 79.9. The van der Waals surface area contributed by atoms with Crippen molar-refractivity contribution in [3.8, 4) is 0 Å². The van der Waals surface area contributed by atoms with Gasteiger partial charge in [-0.15, -0.1) is 0 Å². The Morgan fingerprint density at radius 3 is 2.47 bits per heavy atom. The Kier molecular flexibility index (Phi) is 4.80. The number of nitrogens with one attached hydrogen (secondary N) is 1. The predicted octanol–water partition coefficient (Wildman–Crippen LogP) is 4.35. The van der Waals surface area contributed by atoms with Gasteiger partial charge in [0.1, 0.15) is 5.82 Å². The molecular weight excluding hydrogens is 331 g/mol. The van der Waals surface area contributed by atoms with Gasteiger partial charge in [0.25, 0.3) is 0 Å². The van der Waals surface area contributed by atoms with Crippen molar-refractivity contribution in [3.63, 3.8) is 0 Å². The van der Waals surface area contributed by atoms with Crippen molar-refractivity contribution in [2.75, 3.05) is 11.9 Å². The summed E-state index contributed by atoms with van der Waals surface area (Å²) in [6, 6.07) is 12.1. The number of hydrogen-bond donors (Lipinski definition) is 2. The molecule has 0 aliphatic carbocycles. The smallest absolute Gasteiger partial charge is 0.126 e. The molecule has 2 nitrogen and oxygen atoms in total. The van der Waals surface area contributed by atoms with Gasteiger partial charge in [-0.3, -0.25) is 0 Å². The molecule has 0 bridgehead atoms. The Balaban J connectivity index is 2.21. The van der Waals surface area contributed by atoms with Crippen LogP contribution in [0.1, 0.15) is 11.6 Å². The zero-order chi connectivity index (χ0) is 13.8. The quantitative estimate of drug-likeness (QED) is 0.866. The van der Waals surface area contributed by atoms with Gasteiger partial charge in [0.2, 0.25) is 0 Å². The number of halogens is 3. The van der Waals surface area contributed by atoms with Gasteiger partial charge in [0, 0.05) is 21.7 Å². The summed E-state index contributed by atoms with van der Waals surface area (Å²) in [5.74, 6) is -0.374. The van der Waals surface area contributed by atoms with Crippen molar-refractivity contribution in [1.29, 1.82) is 0 Å². The second-order valence-corrected chi connectivity index (χ2v) is 5.49. The monoisotopic (exact) mass is 342 g/mol. The summed E-state index contributed by atoms with van der Waals surface area (Å²) in [5, 5.41) is 3.54. The Morgan fingerprint density at radius 1 is 1.21 bits per heavy atom. The van der Waals surface area contributed by atoms with Crippen LogP contribution in [0.4, 0.5) is 10.1 Å². The molecule has 0 aliphatic rings. The molecule has 0 radical (unpaired) electrons. The Labute approximate surface area is 124 Å². The van der Waals surface area contributed by atoms with Crippen molar-refractivity contribution in [3.05, 3.63) is 63.3 Å². The molecule has 1 unspecified atom stereocenters. The SMILES string of the molecule is NCC(Nc1cc(F)cc(Cl)c1)c1ccc(Br)cc1. The molecule has 2 rings (SSSR count). The summed E-state index contributed by atoms with van der Waals surface area (Å²) in [4.78, 5) is 0. The molecule has 19 heavy (non-hydrogen) atoms. The second-order valence-electron chi connectivity index (χ2n) is 4.14. The van der Waals surface area contributed by atoms with Gasteiger partial charge in [0.15, 0.2) is 0 Å². The fourth-order valence-corrected chi connectivity index (χ4v) is 2.30. The maximum atomic E-state index is 13.3. The van der Waals surface area contributed by atoms with Crippen LogP contribution < -0.4 is 11.1 Å². The molecule has 0 heterocycles. The molecule has 2 aromatic carbocycles. The van der Waals surface area contributed by atoms with Gasteiger partial charge in [-0.25, -0.2) is 4.39 Å². The predicted molar refractivity (Wildman–Crippen MR) is 81.0 cm³/mol. The Morgan fingerprint density at radius 2 is 1.89 bits per heavy atom. The first-order valence-electron chi connectivity index (χ1n) is 5.76. The van der Waals surface area contributed by atoms with E-state index in [1.165, 1.54) is 12.1 Å². The summed E-state index contributed by atoms with van der Waals surface area (Å²) in [7, 11) is 0. The summed E-state index contributed by atoms with van der Waals surface area (Å²) >= 11 is 9.21. The van der Waals surface area contributed by atoms with E-state index in [2.05, 4.69) is 21.2 Å². The fourth-order valence-electron chi connectivity index (χ4n) is 1.81. The molecule has 100 valence electrons. The molecule has 0 saturated heterocycles. The number of hydrogen-bond acceptors (Lipinski definition) is 2. The molecule has 0 fully saturated rings.